The Kier molecular flexibility index (Phi) is 5.12. The summed E-state index contributed by atoms with van der Waals surface area (Å²) in [6.07, 6.45) is -1.37. The van der Waals surface area contributed by atoms with Gasteiger partial charge >= 0.3 is 5.97 Å². The summed E-state index contributed by atoms with van der Waals surface area (Å²) in [5, 5.41) is 19.8. The quantitative estimate of drug-likeness (QED) is 0.716. The van der Waals surface area contributed by atoms with Gasteiger partial charge in [0.05, 0.1) is 11.0 Å². The first kappa shape index (κ1) is 18.2. The molecule has 8 heteroatoms. The highest BCUT2D eigenvalue weighted by Crippen LogP contribution is 2.30. The summed E-state index contributed by atoms with van der Waals surface area (Å²) in [4.78, 5) is 13.0. The Bertz CT molecular complexity index is 862. The number of nitrogens with one attached hydrogen (secondary N) is 1. The van der Waals surface area contributed by atoms with Crippen molar-refractivity contribution < 1.29 is 23.4 Å². The van der Waals surface area contributed by atoms with E-state index in [1.807, 2.05) is 25.1 Å². The fourth-order valence-electron chi connectivity index (χ4n) is 2.47. The third-order valence-corrected chi connectivity index (χ3v) is 5.16. The highest BCUT2D eigenvalue weighted by Gasteiger charge is 2.30. The molecule has 0 radical (unpaired) electrons. The number of rotatable bonds is 6. The lowest BCUT2D eigenvalue weighted by Gasteiger charge is -2.19. The molecule has 2 aromatic rings. The van der Waals surface area contributed by atoms with Crippen molar-refractivity contribution in [3.8, 4) is 0 Å². The van der Waals surface area contributed by atoms with Crippen molar-refractivity contribution in [3.63, 3.8) is 0 Å². The summed E-state index contributed by atoms with van der Waals surface area (Å²) in [5.74, 6) is -1.44. The van der Waals surface area contributed by atoms with Gasteiger partial charge in [0.2, 0.25) is 10.0 Å². The molecule has 0 aliphatic rings. The van der Waals surface area contributed by atoms with Crippen molar-refractivity contribution in [1.82, 2.24) is 4.72 Å². The zero-order valence-electron chi connectivity index (χ0n) is 13.6. The average molecular weight is 352 g/mol. The number of aliphatic hydroxyl groups is 1. The van der Waals surface area contributed by atoms with Crippen LogP contribution in [0.5, 0.6) is 0 Å². The maximum Gasteiger partial charge on any atom is 0.324 e. The van der Waals surface area contributed by atoms with Gasteiger partial charge in [0.1, 0.15) is 6.04 Å². The second-order valence-electron chi connectivity index (χ2n) is 5.70. The van der Waals surface area contributed by atoms with Crippen LogP contribution in [0.15, 0.2) is 41.3 Å². The van der Waals surface area contributed by atoms with Gasteiger partial charge in [-0.05, 0) is 19.1 Å². The van der Waals surface area contributed by atoms with Crippen LogP contribution >= 0.6 is 0 Å². The molecule has 2 aromatic carbocycles. The number of aliphatic hydroxyl groups excluding tert-OH is 1. The number of hydrogen-bond donors (Lipinski definition) is 3. The molecule has 3 N–H and O–H groups in total. The average Bonchev–Trinajstić information content (AvgIpc) is 2.50. The molecular formula is C16H20N2O5S. The van der Waals surface area contributed by atoms with Crippen LogP contribution in [0.3, 0.4) is 0 Å². The standard InChI is InChI=1S/C16H20N2O5S/c1-10(19)15(16(20)21)17-24(22,23)14-9-5-6-11-12(14)7-4-8-13(11)18(2)3/h4-10,15,17,19H,1-3H3,(H,20,21)/t10-,15+/m1/s1. The summed E-state index contributed by atoms with van der Waals surface area (Å²) in [7, 11) is -0.429. The number of carboxylic acids is 1. The van der Waals surface area contributed by atoms with Crippen LogP contribution in [0, 0.1) is 0 Å². The maximum atomic E-state index is 12.6. The van der Waals surface area contributed by atoms with Crippen molar-refractivity contribution >= 4 is 32.5 Å². The number of anilines is 1. The lowest BCUT2D eigenvalue weighted by Crippen LogP contribution is -2.47. The first-order valence-corrected chi connectivity index (χ1v) is 8.75. The molecule has 2 atom stereocenters. The number of sulfonamides is 1. The molecule has 2 rings (SSSR count). The van der Waals surface area contributed by atoms with Crippen LogP contribution in [-0.2, 0) is 14.8 Å². The van der Waals surface area contributed by atoms with Gasteiger partial charge in [0.25, 0.3) is 0 Å². The smallest absolute Gasteiger partial charge is 0.324 e. The molecule has 0 saturated carbocycles. The van der Waals surface area contributed by atoms with E-state index >= 15 is 0 Å². The van der Waals surface area contributed by atoms with E-state index in [1.165, 1.54) is 13.0 Å². The van der Waals surface area contributed by atoms with Crippen LogP contribution in [0.25, 0.3) is 10.8 Å². The van der Waals surface area contributed by atoms with Crippen molar-refractivity contribution in [3.05, 3.63) is 36.4 Å². The Hall–Kier alpha value is -2.16. The van der Waals surface area contributed by atoms with E-state index < -0.39 is 28.1 Å². The molecule has 0 aliphatic carbocycles. The Morgan fingerprint density at radius 1 is 1.12 bits per heavy atom. The molecule has 0 fully saturated rings. The van der Waals surface area contributed by atoms with E-state index in [0.717, 1.165) is 11.1 Å². The van der Waals surface area contributed by atoms with Crippen molar-refractivity contribution in [2.24, 2.45) is 0 Å². The second-order valence-corrected chi connectivity index (χ2v) is 7.38. The summed E-state index contributed by atoms with van der Waals surface area (Å²) in [5.41, 5.74) is 0.842. The lowest BCUT2D eigenvalue weighted by molar-refractivity contribution is -0.141. The number of carbonyl (C=O) groups is 1. The summed E-state index contributed by atoms with van der Waals surface area (Å²) < 4.78 is 27.4. The van der Waals surface area contributed by atoms with Crippen molar-refractivity contribution in [2.75, 3.05) is 19.0 Å². The molecule has 7 nitrogen and oxygen atoms in total. The fourth-order valence-corrected chi connectivity index (χ4v) is 3.96. The minimum Gasteiger partial charge on any atom is -0.480 e. The first-order valence-electron chi connectivity index (χ1n) is 7.27. The zero-order valence-corrected chi connectivity index (χ0v) is 14.4. The van der Waals surface area contributed by atoms with Crippen molar-refractivity contribution in [1.29, 1.82) is 0 Å². The summed E-state index contributed by atoms with van der Waals surface area (Å²) in [6.45, 7) is 1.22. The number of fused-ring (bicyclic) bond motifs is 1. The summed E-state index contributed by atoms with van der Waals surface area (Å²) >= 11 is 0. The molecule has 24 heavy (non-hydrogen) atoms. The molecule has 0 aromatic heterocycles. The fraction of sp³-hybridized carbons (Fsp3) is 0.312. The Balaban J connectivity index is 2.59. The van der Waals surface area contributed by atoms with Crippen LogP contribution in [0.1, 0.15) is 6.92 Å². The third kappa shape index (κ3) is 3.50. The molecule has 0 saturated heterocycles. The van der Waals surface area contributed by atoms with E-state index in [4.69, 9.17) is 5.11 Å². The molecule has 130 valence electrons. The highest BCUT2D eigenvalue weighted by molar-refractivity contribution is 7.89. The van der Waals surface area contributed by atoms with Crippen LogP contribution in [0.4, 0.5) is 5.69 Å². The molecule has 0 amide bonds. The number of carboxylic acid groups (broad SMARTS) is 1. The van der Waals surface area contributed by atoms with E-state index in [2.05, 4.69) is 4.72 Å². The number of aliphatic carboxylic acids is 1. The minimum absolute atomic E-state index is 0.0319. The predicted molar refractivity (Wildman–Crippen MR) is 91.7 cm³/mol. The zero-order chi connectivity index (χ0) is 18.1. The van der Waals surface area contributed by atoms with Gasteiger partial charge in [-0.25, -0.2) is 8.42 Å². The minimum atomic E-state index is -4.13. The van der Waals surface area contributed by atoms with E-state index in [9.17, 15) is 18.3 Å². The lowest BCUT2D eigenvalue weighted by atomic mass is 10.1. The molecule has 0 spiro atoms. The normalized spacial score (nSPS) is 14.3. The van der Waals surface area contributed by atoms with Gasteiger partial charge < -0.3 is 15.1 Å². The molecule has 0 heterocycles. The van der Waals surface area contributed by atoms with Gasteiger partial charge in [0.15, 0.2) is 0 Å². The highest BCUT2D eigenvalue weighted by atomic mass is 32.2. The molecule has 0 unspecified atom stereocenters. The Morgan fingerprint density at radius 3 is 2.25 bits per heavy atom. The molecule has 0 aliphatic heterocycles. The topological polar surface area (TPSA) is 107 Å². The van der Waals surface area contributed by atoms with Gasteiger partial charge in [-0.1, -0.05) is 24.3 Å². The van der Waals surface area contributed by atoms with Crippen LogP contribution in [-0.4, -0.2) is 50.8 Å². The van der Waals surface area contributed by atoms with Crippen LogP contribution in [0.2, 0.25) is 0 Å². The largest absolute Gasteiger partial charge is 0.480 e. The van der Waals surface area contributed by atoms with Gasteiger partial charge in [-0.15, -0.1) is 0 Å². The first-order chi connectivity index (χ1) is 11.1. The van der Waals surface area contributed by atoms with E-state index in [1.54, 1.807) is 24.3 Å². The third-order valence-electron chi connectivity index (χ3n) is 3.66. The Labute approximate surface area is 140 Å². The monoisotopic (exact) mass is 352 g/mol. The van der Waals surface area contributed by atoms with E-state index in [0.29, 0.717) is 5.39 Å². The number of nitrogens with zero attached hydrogens (tertiary/aromatic N) is 1. The summed E-state index contributed by atoms with van der Waals surface area (Å²) in [6, 6.07) is 8.44. The van der Waals surface area contributed by atoms with Crippen molar-refractivity contribution in [2.45, 2.75) is 24.0 Å². The number of benzene rings is 2. The van der Waals surface area contributed by atoms with Gasteiger partial charge in [0, 0.05) is 30.6 Å². The maximum absolute atomic E-state index is 12.6. The molecule has 0 bridgehead atoms. The second kappa shape index (κ2) is 6.76. The number of hydrogen-bond acceptors (Lipinski definition) is 5. The van der Waals surface area contributed by atoms with E-state index in [-0.39, 0.29) is 4.90 Å². The van der Waals surface area contributed by atoms with Crippen LogP contribution < -0.4 is 9.62 Å². The molecular weight excluding hydrogens is 332 g/mol. The van der Waals surface area contributed by atoms with Gasteiger partial charge in [-0.2, -0.15) is 4.72 Å². The Morgan fingerprint density at radius 2 is 1.71 bits per heavy atom. The SMILES string of the molecule is C[C@@H](O)[C@H](NS(=O)(=O)c1cccc2c(N(C)C)cccc12)C(=O)O. The predicted octanol–water partition coefficient (Wildman–Crippen LogP) is 1.02. The van der Waals surface area contributed by atoms with Gasteiger partial charge in [-0.3, -0.25) is 4.79 Å².